The lowest BCUT2D eigenvalue weighted by Crippen LogP contribution is -2.23. The standard InChI is InChI=1S/C16H27BrN2O2/c1-19(9-4-3-5-10-20)16-12-15(17)7-6-14(16)13-18-8-11-21-2/h6-7,12,18,20H,3-5,8-11,13H2,1-2H3. The molecule has 0 aliphatic rings. The highest BCUT2D eigenvalue weighted by atomic mass is 79.9. The third kappa shape index (κ3) is 7.27. The van der Waals surface area contributed by atoms with E-state index >= 15 is 0 Å². The Bertz CT molecular complexity index is 402. The topological polar surface area (TPSA) is 44.7 Å². The molecule has 0 aromatic heterocycles. The van der Waals surface area contributed by atoms with Gasteiger partial charge in [-0.1, -0.05) is 22.0 Å². The molecule has 2 N–H and O–H groups in total. The van der Waals surface area contributed by atoms with Gasteiger partial charge in [-0.25, -0.2) is 0 Å². The number of ether oxygens (including phenoxy) is 1. The predicted octanol–water partition coefficient (Wildman–Crippen LogP) is 2.78. The van der Waals surface area contributed by atoms with Gasteiger partial charge in [-0.15, -0.1) is 0 Å². The van der Waals surface area contributed by atoms with Crippen molar-refractivity contribution in [3.05, 3.63) is 28.2 Å². The second kappa shape index (κ2) is 11.0. The number of unbranched alkanes of at least 4 members (excludes halogenated alkanes) is 2. The molecule has 0 amide bonds. The summed E-state index contributed by atoms with van der Waals surface area (Å²) in [5.74, 6) is 0. The Morgan fingerprint density at radius 1 is 1.29 bits per heavy atom. The third-order valence-corrected chi connectivity index (χ3v) is 3.90. The van der Waals surface area contributed by atoms with Crippen molar-refractivity contribution in [2.45, 2.75) is 25.8 Å². The van der Waals surface area contributed by atoms with E-state index in [1.807, 2.05) is 0 Å². The van der Waals surface area contributed by atoms with E-state index in [1.54, 1.807) is 7.11 Å². The van der Waals surface area contributed by atoms with Gasteiger partial charge in [0.1, 0.15) is 0 Å². The van der Waals surface area contributed by atoms with Crippen molar-refractivity contribution in [1.29, 1.82) is 0 Å². The van der Waals surface area contributed by atoms with Crippen LogP contribution in [-0.4, -0.2) is 45.6 Å². The Hall–Kier alpha value is -0.620. The second-order valence-corrected chi connectivity index (χ2v) is 6.06. The van der Waals surface area contributed by atoms with Crippen molar-refractivity contribution in [2.75, 3.05) is 45.4 Å². The fourth-order valence-electron chi connectivity index (χ4n) is 2.20. The normalized spacial score (nSPS) is 10.9. The molecule has 1 aromatic carbocycles. The first-order valence-corrected chi connectivity index (χ1v) is 8.28. The van der Waals surface area contributed by atoms with Gasteiger partial charge in [0.05, 0.1) is 6.61 Å². The number of rotatable bonds is 11. The number of nitrogens with one attached hydrogen (secondary N) is 1. The molecule has 0 unspecified atom stereocenters. The largest absolute Gasteiger partial charge is 0.396 e. The number of methoxy groups -OCH3 is 1. The molecule has 120 valence electrons. The summed E-state index contributed by atoms with van der Waals surface area (Å²) in [7, 11) is 3.84. The highest BCUT2D eigenvalue weighted by Gasteiger charge is 2.08. The van der Waals surface area contributed by atoms with Crippen LogP contribution in [0.4, 0.5) is 5.69 Å². The maximum atomic E-state index is 8.83. The minimum absolute atomic E-state index is 0.287. The quantitative estimate of drug-likeness (QED) is 0.597. The predicted molar refractivity (Wildman–Crippen MR) is 91.9 cm³/mol. The fraction of sp³-hybridized carbons (Fsp3) is 0.625. The Balaban J connectivity index is 2.58. The summed E-state index contributed by atoms with van der Waals surface area (Å²) < 4.78 is 6.15. The Kier molecular flexibility index (Phi) is 9.67. The lowest BCUT2D eigenvalue weighted by Gasteiger charge is -2.23. The first-order chi connectivity index (χ1) is 10.2. The average Bonchev–Trinajstić information content (AvgIpc) is 2.49. The first-order valence-electron chi connectivity index (χ1n) is 7.49. The minimum Gasteiger partial charge on any atom is -0.396 e. The SMILES string of the molecule is COCCNCc1ccc(Br)cc1N(C)CCCCCO. The molecule has 0 aliphatic heterocycles. The molecule has 0 saturated heterocycles. The van der Waals surface area contributed by atoms with Crippen LogP contribution in [0, 0.1) is 0 Å². The van der Waals surface area contributed by atoms with Crippen LogP contribution in [0.15, 0.2) is 22.7 Å². The van der Waals surface area contributed by atoms with Crippen LogP contribution >= 0.6 is 15.9 Å². The van der Waals surface area contributed by atoms with Crippen LogP contribution in [0.25, 0.3) is 0 Å². The molecule has 1 rings (SSSR count). The fourth-order valence-corrected chi connectivity index (χ4v) is 2.55. The number of benzene rings is 1. The van der Waals surface area contributed by atoms with Crippen molar-refractivity contribution in [3.8, 4) is 0 Å². The Labute approximate surface area is 136 Å². The van der Waals surface area contributed by atoms with Crippen LogP contribution in [0.2, 0.25) is 0 Å². The molecule has 0 spiro atoms. The molecule has 0 fully saturated rings. The van der Waals surface area contributed by atoms with Crippen LogP contribution in [-0.2, 0) is 11.3 Å². The first kappa shape index (κ1) is 18.4. The van der Waals surface area contributed by atoms with Gasteiger partial charge in [-0.3, -0.25) is 0 Å². The van der Waals surface area contributed by atoms with Gasteiger partial charge in [-0.05, 0) is 37.0 Å². The average molecular weight is 359 g/mol. The molecule has 0 saturated carbocycles. The zero-order valence-corrected chi connectivity index (χ0v) is 14.7. The Morgan fingerprint density at radius 3 is 2.81 bits per heavy atom. The van der Waals surface area contributed by atoms with E-state index in [2.05, 4.69) is 51.4 Å². The molecule has 4 nitrogen and oxygen atoms in total. The summed E-state index contributed by atoms with van der Waals surface area (Å²) in [4.78, 5) is 2.29. The lowest BCUT2D eigenvalue weighted by atomic mass is 10.1. The van der Waals surface area contributed by atoms with Crippen molar-refractivity contribution in [2.24, 2.45) is 0 Å². The zero-order valence-electron chi connectivity index (χ0n) is 13.1. The van der Waals surface area contributed by atoms with Crippen molar-refractivity contribution >= 4 is 21.6 Å². The molecule has 0 bridgehead atoms. The highest BCUT2D eigenvalue weighted by Crippen LogP contribution is 2.24. The number of hydrogen-bond donors (Lipinski definition) is 2. The number of nitrogens with zero attached hydrogens (tertiary/aromatic N) is 1. The zero-order chi connectivity index (χ0) is 15.5. The van der Waals surface area contributed by atoms with Crippen molar-refractivity contribution in [3.63, 3.8) is 0 Å². The summed E-state index contributed by atoms with van der Waals surface area (Å²) in [5, 5.41) is 12.2. The molecular weight excluding hydrogens is 332 g/mol. The smallest absolute Gasteiger partial charge is 0.0587 e. The minimum atomic E-state index is 0.287. The highest BCUT2D eigenvalue weighted by molar-refractivity contribution is 9.10. The van der Waals surface area contributed by atoms with E-state index < -0.39 is 0 Å². The summed E-state index contributed by atoms with van der Waals surface area (Å²) in [6.07, 6.45) is 3.05. The van der Waals surface area contributed by atoms with Gasteiger partial charge >= 0.3 is 0 Å². The van der Waals surface area contributed by atoms with Crippen LogP contribution in [0.3, 0.4) is 0 Å². The van der Waals surface area contributed by atoms with Crippen LogP contribution in [0.5, 0.6) is 0 Å². The summed E-state index contributed by atoms with van der Waals surface area (Å²) in [5.41, 5.74) is 2.54. The van der Waals surface area contributed by atoms with Crippen LogP contribution < -0.4 is 10.2 Å². The molecule has 1 aromatic rings. The van der Waals surface area contributed by atoms with E-state index in [9.17, 15) is 0 Å². The summed E-state index contributed by atoms with van der Waals surface area (Å²) >= 11 is 3.55. The van der Waals surface area contributed by atoms with E-state index in [4.69, 9.17) is 9.84 Å². The van der Waals surface area contributed by atoms with Crippen LogP contribution in [0.1, 0.15) is 24.8 Å². The van der Waals surface area contributed by atoms with Crippen molar-refractivity contribution < 1.29 is 9.84 Å². The molecular formula is C16H27BrN2O2. The van der Waals surface area contributed by atoms with Gasteiger partial charge in [-0.2, -0.15) is 0 Å². The van der Waals surface area contributed by atoms with E-state index in [1.165, 1.54) is 11.3 Å². The van der Waals surface area contributed by atoms with Gasteiger partial charge < -0.3 is 20.1 Å². The Morgan fingerprint density at radius 2 is 2.10 bits per heavy atom. The van der Waals surface area contributed by atoms with Crippen molar-refractivity contribution in [1.82, 2.24) is 5.32 Å². The number of aliphatic hydroxyl groups is 1. The van der Waals surface area contributed by atoms with E-state index in [0.717, 1.165) is 50.0 Å². The number of hydrogen-bond acceptors (Lipinski definition) is 4. The van der Waals surface area contributed by atoms with Gasteiger partial charge in [0.25, 0.3) is 0 Å². The number of aliphatic hydroxyl groups excluding tert-OH is 1. The van der Waals surface area contributed by atoms with E-state index in [0.29, 0.717) is 0 Å². The lowest BCUT2D eigenvalue weighted by molar-refractivity contribution is 0.199. The molecule has 0 aliphatic carbocycles. The van der Waals surface area contributed by atoms with Gasteiger partial charge in [0.2, 0.25) is 0 Å². The maximum Gasteiger partial charge on any atom is 0.0587 e. The van der Waals surface area contributed by atoms with Gasteiger partial charge in [0.15, 0.2) is 0 Å². The molecule has 5 heteroatoms. The summed E-state index contributed by atoms with van der Waals surface area (Å²) in [6, 6.07) is 6.40. The maximum absolute atomic E-state index is 8.83. The second-order valence-electron chi connectivity index (χ2n) is 5.15. The number of halogens is 1. The van der Waals surface area contributed by atoms with Gasteiger partial charge in [0, 0.05) is 50.6 Å². The summed E-state index contributed by atoms with van der Waals surface area (Å²) in [6.45, 7) is 3.71. The molecule has 0 radical (unpaired) electrons. The molecule has 0 atom stereocenters. The molecule has 21 heavy (non-hydrogen) atoms. The monoisotopic (exact) mass is 358 g/mol. The van der Waals surface area contributed by atoms with E-state index in [-0.39, 0.29) is 6.61 Å². The number of anilines is 1. The third-order valence-electron chi connectivity index (χ3n) is 3.41. The molecule has 0 heterocycles.